The fourth-order valence-corrected chi connectivity index (χ4v) is 5.61. The van der Waals surface area contributed by atoms with E-state index >= 15 is 0 Å². The van der Waals surface area contributed by atoms with Crippen LogP contribution in [-0.2, 0) is 27.7 Å². The lowest BCUT2D eigenvalue weighted by Gasteiger charge is -2.09. The van der Waals surface area contributed by atoms with E-state index in [1.54, 1.807) is 6.07 Å². The molecule has 1 saturated carbocycles. The van der Waals surface area contributed by atoms with Crippen molar-refractivity contribution in [3.63, 3.8) is 0 Å². The number of carbonyl (C=O) groups excluding carboxylic acids is 1. The Kier molecular flexibility index (Phi) is 5.78. The van der Waals surface area contributed by atoms with Crippen molar-refractivity contribution in [2.75, 3.05) is 5.75 Å². The summed E-state index contributed by atoms with van der Waals surface area (Å²) in [5.74, 6) is -2.43. The largest absolute Gasteiger partial charge is 0.417 e. The number of fused-ring (bicyclic) bond motifs is 2. The predicted octanol–water partition coefficient (Wildman–Crippen LogP) is 4.78. The smallest absolute Gasteiger partial charge is 0.312 e. The number of halogens is 6. The molecular formula is C21H17ClF5N7O2S. The molecule has 5 rings (SSSR count). The van der Waals surface area contributed by atoms with Crippen LogP contribution in [0.25, 0.3) is 28.2 Å². The highest BCUT2D eigenvalue weighted by Gasteiger charge is 2.39. The maximum atomic E-state index is 13.9. The van der Waals surface area contributed by atoms with Gasteiger partial charge in [0.2, 0.25) is 0 Å². The minimum Gasteiger partial charge on any atom is -0.312 e. The number of hydrogen-bond acceptors (Lipinski definition) is 6. The quantitative estimate of drug-likeness (QED) is 0.256. The molecule has 1 atom stereocenters. The first-order valence-corrected chi connectivity index (χ1v) is 12.9. The van der Waals surface area contributed by atoms with E-state index in [1.165, 1.54) is 29.3 Å². The third-order valence-electron chi connectivity index (χ3n) is 5.94. The minimum atomic E-state index is -4.67. The van der Waals surface area contributed by atoms with Crippen LogP contribution >= 0.6 is 11.6 Å². The highest BCUT2D eigenvalue weighted by Crippen LogP contribution is 2.42. The summed E-state index contributed by atoms with van der Waals surface area (Å²) >= 11 is 4.82. The number of hydrogen-bond donors (Lipinski definition) is 0. The van der Waals surface area contributed by atoms with Gasteiger partial charge in [-0.15, -0.1) is 4.36 Å². The molecule has 16 heteroatoms. The van der Waals surface area contributed by atoms with Gasteiger partial charge in [-0.1, -0.05) is 6.92 Å². The van der Waals surface area contributed by atoms with Crippen LogP contribution < -0.4 is 0 Å². The van der Waals surface area contributed by atoms with Crippen molar-refractivity contribution in [1.82, 2.24) is 29.1 Å². The Bertz CT molecular complexity index is 1700. The van der Waals surface area contributed by atoms with Gasteiger partial charge in [0.15, 0.2) is 16.3 Å². The maximum absolute atomic E-state index is 13.9. The van der Waals surface area contributed by atoms with Gasteiger partial charge in [0.1, 0.15) is 21.1 Å². The highest BCUT2D eigenvalue weighted by molar-refractivity contribution is 7.94. The Morgan fingerprint density at radius 1 is 1.22 bits per heavy atom. The van der Waals surface area contributed by atoms with Gasteiger partial charge in [-0.25, -0.2) is 23.7 Å². The molecule has 1 amide bonds. The molecule has 9 nitrogen and oxygen atoms in total. The van der Waals surface area contributed by atoms with E-state index in [2.05, 4.69) is 24.4 Å². The molecule has 0 saturated heterocycles. The standard InChI is InChI=1S/C21H17ClF5N7O2S/c1-3-37(36,32-19(35)20(22,23)24)18-14(16-28-7-6-13(10-4-5-10)34(16)31-18)17-30-12-8-11(21(25,26)27)9-29-15(12)33(17)2/h6-10H,3-5H2,1-2H3. The molecule has 4 aromatic heterocycles. The van der Waals surface area contributed by atoms with Crippen LogP contribution in [0.1, 0.15) is 36.9 Å². The summed E-state index contributed by atoms with van der Waals surface area (Å²) in [6.07, 6.45) is -0.837. The topological polar surface area (TPSA) is 107 Å². The van der Waals surface area contributed by atoms with E-state index in [0.29, 0.717) is 11.9 Å². The Morgan fingerprint density at radius 3 is 2.51 bits per heavy atom. The van der Waals surface area contributed by atoms with Crippen LogP contribution in [0.15, 0.2) is 33.9 Å². The van der Waals surface area contributed by atoms with Crippen LogP contribution in [0.2, 0.25) is 0 Å². The molecule has 1 aliphatic rings. The van der Waals surface area contributed by atoms with Crippen LogP contribution in [-0.4, -0.2) is 50.4 Å². The summed E-state index contributed by atoms with van der Waals surface area (Å²) in [5, 5.41) is -0.373. The average molecular weight is 562 g/mol. The van der Waals surface area contributed by atoms with Crippen molar-refractivity contribution in [2.24, 2.45) is 11.4 Å². The summed E-state index contributed by atoms with van der Waals surface area (Å²) in [5.41, 5.74) is -0.302. The number of imidazole rings is 1. The normalized spacial score (nSPS) is 16.3. The van der Waals surface area contributed by atoms with Crippen molar-refractivity contribution in [1.29, 1.82) is 0 Å². The molecule has 196 valence electrons. The Labute approximate surface area is 210 Å². The van der Waals surface area contributed by atoms with E-state index in [4.69, 9.17) is 11.6 Å². The molecule has 4 aromatic rings. The van der Waals surface area contributed by atoms with E-state index < -0.39 is 38.5 Å². The predicted molar refractivity (Wildman–Crippen MR) is 123 cm³/mol. The van der Waals surface area contributed by atoms with Crippen LogP contribution in [0.4, 0.5) is 22.0 Å². The SMILES string of the molecule is CCS(=O)(=NC(=O)C(F)(F)Cl)c1nn2c(C3CC3)ccnc2c1-c1nc2cc(C(F)(F)F)cnc2n1C. The molecule has 1 fully saturated rings. The van der Waals surface area contributed by atoms with Gasteiger partial charge < -0.3 is 4.57 Å². The molecule has 4 heterocycles. The molecule has 0 bridgehead atoms. The lowest BCUT2D eigenvalue weighted by atomic mass is 10.2. The Hall–Kier alpha value is -3.20. The molecule has 1 aliphatic carbocycles. The zero-order valence-electron chi connectivity index (χ0n) is 19.1. The monoisotopic (exact) mass is 561 g/mol. The molecule has 0 spiro atoms. The van der Waals surface area contributed by atoms with Gasteiger partial charge in [-0.3, -0.25) is 4.79 Å². The Balaban J connectivity index is 1.85. The summed E-state index contributed by atoms with van der Waals surface area (Å²) in [6, 6.07) is 2.50. The average Bonchev–Trinajstić information content (AvgIpc) is 3.52. The zero-order valence-corrected chi connectivity index (χ0v) is 20.7. The third-order valence-corrected chi connectivity index (χ3v) is 8.23. The molecular weight excluding hydrogens is 545 g/mol. The number of rotatable bonds is 5. The van der Waals surface area contributed by atoms with E-state index in [-0.39, 0.29) is 39.1 Å². The Morgan fingerprint density at radius 2 is 1.92 bits per heavy atom. The number of alkyl halides is 6. The number of pyridine rings is 1. The number of nitrogens with zero attached hydrogens (tertiary/aromatic N) is 7. The van der Waals surface area contributed by atoms with Crippen molar-refractivity contribution in [2.45, 2.75) is 42.3 Å². The van der Waals surface area contributed by atoms with Gasteiger partial charge in [0.05, 0.1) is 11.1 Å². The van der Waals surface area contributed by atoms with E-state index in [1.807, 2.05) is 0 Å². The first-order chi connectivity index (χ1) is 17.2. The van der Waals surface area contributed by atoms with Gasteiger partial charge in [-0.2, -0.15) is 27.1 Å². The lowest BCUT2D eigenvalue weighted by Crippen LogP contribution is -2.22. The van der Waals surface area contributed by atoms with Crippen molar-refractivity contribution in [3.8, 4) is 11.4 Å². The van der Waals surface area contributed by atoms with E-state index in [9.17, 15) is 31.0 Å². The summed E-state index contributed by atoms with van der Waals surface area (Å²) in [6.45, 7) is 1.36. The third kappa shape index (κ3) is 4.33. The van der Waals surface area contributed by atoms with Gasteiger partial charge in [-0.05, 0) is 36.6 Å². The second-order valence-electron chi connectivity index (χ2n) is 8.44. The van der Waals surface area contributed by atoms with Gasteiger partial charge in [0, 0.05) is 36.8 Å². The summed E-state index contributed by atoms with van der Waals surface area (Å²) < 4.78 is 86.7. The molecule has 0 radical (unpaired) electrons. The molecule has 37 heavy (non-hydrogen) atoms. The number of aromatic nitrogens is 6. The number of carbonyl (C=O) groups is 1. The second kappa shape index (κ2) is 8.41. The van der Waals surface area contributed by atoms with Crippen molar-refractivity contribution >= 4 is 44.0 Å². The maximum Gasteiger partial charge on any atom is 0.417 e. The minimum absolute atomic E-state index is 0.0298. The van der Waals surface area contributed by atoms with Gasteiger partial charge in [0.25, 0.3) is 0 Å². The number of aryl methyl sites for hydroxylation is 1. The van der Waals surface area contributed by atoms with Crippen LogP contribution in [0.5, 0.6) is 0 Å². The molecule has 0 N–H and O–H groups in total. The number of amides is 1. The fraction of sp³-hybridized carbons (Fsp3) is 0.381. The molecule has 0 aliphatic heterocycles. The van der Waals surface area contributed by atoms with Crippen LogP contribution in [0.3, 0.4) is 0 Å². The lowest BCUT2D eigenvalue weighted by molar-refractivity contribution is -0.137. The highest BCUT2D eigenvalue weighted by atomic mass is 35.5. The van der Waals surface area contributed by atoms with E-state index in [0.717, 1.165) is 18.9 Å². The second-order valence-corrected chi connectivity index (χ2v) is 11.3. The fourth-order valence-electron chi connectivity index (χ4n) is 3.94. The molecule has 0 aromatic carbocycles. The van der Waals surface area contributed by atoms with Crippen LogP contribution in [0, 0.1) is 0 Å². The molecule has 1 unspecified atom stereocenters. The van der Waals surface area contributed by atoms with Gasteiger partial charge >= 0.3 is 17.5 Å². The summed E-state index contributed by atoms with van der Waals surface area (Å²) in [4.78, 5) is 24.5. The zero-order chi connectivity index (χ0) is 26.9. The van der Waals surface area contributed by atoms with Crippen molar-refractivity contribution < 1.29 is 31.0 Å². The first kappa shape index (κ1) is 25.4. The first-order valence-electron chi connectivity index (χ1n) is 10.9. The summed E-state index contributed by atoms with van der Waals surface area (Å²) in [7, 11) is -2.49. The van der Waals surface area contributed by atoms with Crippen molar-refractivity contribution in [3.05, 3.63) is 35.8 Å².